The largest absolute Gasteiger partial charge is 0.491 e. The van der Waals surface area contributed by atoms with E-state index in [0.717, 1.165) is 18.8 Å². The first-order chi connectivity index (χ1) is 11.8. The number of amides is 1. The van der Waals surface area contributed by atoms with Gasteiger partial charge in [-0.15, -0.1) is 0 Å². The Hall–Kier alpha value is -1.82. The molecule has 2 rings (SSSR count). The lowest BCUT2D eigenvalue weighted by molar-refractivity contribution is -0.123. The van der Waals surface area contributed by atoms with Crippen molar-refractivity contribution >= 4 is 5.91 Å². The van der Waals surface area contributed by atoms with Crippen LogP contribution in [0.25, 0.3) is 0 Å². The third-order valence-electron chi connectivity index (χ3n) is 4.32. The van der Waals surface area contributed by atoms with Crippen molar-refractivity contribution in [3.05, 3.63) is 28.2 Å². The molecular formula is C19H31N3O3. The van der Waals surface area contributed by atoms with Gasteiger partial charge in [-0.1, -0.05) is 12.8 Å². The second-order valence-electron chi connectivity index (χ2n) is 7.81. The van der Waals surface area contributed by atoms with E-state index in [2.05, 4.69) is 10.2 Å². The SMILES string of the molecule is COc1cn(CC(=O)NC(C)(C)C)c(CN2CCCCCC2)cc1=O. The fraction of sp³-hybridized carbons (Fsp3) is 0.684. The first kappa shape index (κ1) is 19.5. The predicted molar refractivity (Wildman–Crippen MR) is 98.9 cm³/mol. The molecule has 2 heterocycles. The molecule has 0 aromatic carbocycles. The number of nitrogens with one attached hydrogen (secondary N) is 1. The zero-order valence-corrected chi connectivity index (χ0v) is 15.9. The minimum absolute atomic E-state index is 0.0738. The van der Waals surface area contributed by atoms with Gasteiger partial charge in [-0.05, 0) is 46.7 Å². The summed E-state index contributed by atoms with van der Waals surface area (Å²) in [6.07, 6.45) is 6.55. The number of hydrogen-bond acceptors (Lipinski definition) is 4. The molecule has 1 aliphatic rings. The molecule has 0 saturated carbocycles. The summed E-state index contributed by atoms with van der Waals surface area (Å²) < 4.78 is 6.99. The van der Waals surface area contributed by atoms with Crippen molar-refractivity contribution in [3.8, 4) is 5.75 Å². The van der Waals surface area contributed by atoms with Gasteiger partial charge in [0.05, 0.1) is 13.3 Å². The van der Waals surface area contributed by atoms with Gasteiger partial charge in [-0.25, -0.2) is 0 Å². The third kappa shape index (κ3) is 6.20. The van der Waals surface area contributed by atoms with Gasteiger partial charge in [0.25, 0.3) is 0 Å². The summed E-state index contributed by atoms with van der Waals surface area (Å²) in [5.41, 5.74) is 0.432. The fourth-order valence-electron chi connectivity index (χ4n) is 3.17. The van der Waals surface area contributed by atoms with E-state index < -0.39 is 0 Å². The van der Waals surface area contributed by atoms with Crippen LogP contribution in [0.15, 0.2) is 17.1 Å². The summed E-state index contributed by atoms with van der Waals surface area (Å²) in [5.74, 6) is 0.193. The molecule has 1 aliphatic heterocycles. The van der Waals surface area contributed by atoms with Gasteiger partial charge in [0, 0.05) is 23.8 Å². The molecule has 0 spiro atoms. The van der Waals surface area contributed by atoms with Crippen LogP contribution in [0.1, 0.15) is 52.1 Å². The summed E-state index contributed by atoms with van der Waals surface area (Å²) >= 11 is 0. The van der Waals surface area contributed by atoms with Crippen LogP contribution in [-0.2, 0) is 17.9 Å². The van der Waals surface area contributed by atoms with E-state index in [1.54, 1.807) is 12.3 Å². The molecule has 6 heteroatoms. The van der Waals surface area contributed by atoms with E-state index in [-0.39, 0.29) is 29.2 Å². The Morgan fingerprint density at radius 1 is 1.20 bits per heavy atom. The van der Waals surface area contributed by atoms with Crippen LogP contribution < -0.4 is 15.5 Å². The lowest BCUT2D eigenvalue weighted by atomic mass is 10.1. The summed E-state index contributed by atoms with van der Waals surface area (Å²) in [7, 11) is 1.48. The molecule has 1 fully saturated rings. The molecule has 0 aliphatic carbocycles. The van der Waals surface area contributed by atoms with Gasteiger partial charge in [-0.3, -0.25) is 14.5 Å². The third-order valence-corrected chi connectivity index (χ3v) is 4.32. The van der Waals surface area contributed by atoms with Crippen LogP contribution >= 0.6 is 0 Å². The molecule has 25 heavy (non-hydrogen) atoms. The van der Waals surface area contributed by atoms with Crippen molar-refractivity contribution in [2.75, 3.05) is 20.2 Å². The smallest absolute Gasteiger partial charge is 0.240 e. The summed E-state index contributed by atoms with van der Waals surface area (Å²) in [5, 5.41) is 2.97. The van der Waals surface area contributed by atoms with Crippen LogP contribution in [-0.4, -0.2) is 41.1 Å². The molecule has 1 aromatic rings. The molecule has 0 bridgehead atoms. The number of hydrogen-bond donors (Lipinski definition) is 1. The van der Waals surface area contributed by atoms with Gasteiger partial charge in [-0.2, -0.15) is 0 Å². The zero-order chi connectivity index (χ0) is 18.4. The highest BCUT2D eigenvalue weighted by atomic mass is 16.5. The van der Waals surface area contributed by atoms with E-state index in [4.69, 9.17) is 4.74 Å². The van der Waals surface area contributed by atoms with Crippen molar-refractivity contribution in [2.45, 2.75) is 65.1 Å². The number of carbonyl (C=O) groups excluding carboxylic acids is 1. The highest BCUT2D eigenvalue weighted by Crippen LogP contribution is 2.14. The molecule has 1 amide bonds. The topological polar surface area (TPSA) is 63.6 Å². The lowest BCUT2D eigenvalue weighted by Crippen LogP contribution is -2.42. The summed E-state index contributed by atoms with van der Waals surface area (Å²) in [4.78, 5) is 26.9. The van der Waals surface area contributed by atoms with Gasteiger partial charge < -0.3 is 14.6 Å². The van der Waals surface area contributed by atoms with Crippen molar-refractivity contribution in [2.24, 2.45) is 0 Å². The second kappa shape index (κ2) is 8.52. The maximum atomic E-state index is 12.3. The number of nitrogens with zero attached hydrogens (tertiary/aromatic N) is 2. The van der Waals surface area contributed by atoms with E-state index in [1.807, 2.05) is 25.3 Å². The maximum Gasteiger partial charge on any atom is 0.240 e. The Morgan fingerprint density at radius 2 is 1.84 bits per heavy atom. The second-order valence-corrected chi connectivity index (χ2v) is 7.81. The molecule has 0 radical (unpaired) electrons. The number of carbonyl (C=O) groups is 1. The number of aromatic nitrogens is 1. The van der Waals surface area contributed by atoms with E-state index in [1.165, 1.54) is 32.8 Å². The number of pyridine rings is 1. The predicted octanol–water partition coefficient (Wildman–Crippen LogP) is 2.15. The van der Waals surface area contributed by atoms with Gasteiger partial charge in [0.2, 0.25) is 11.3 Å². The van der Waals surface area contributed by atoms with Crippen LogP contribution in [0.3, 0.4) is 0 Å². The Balaban J connectivity index is 2.22. The molecule has 1 N–H and O–H groups in total. The lowest BCUT2D eigenvalue weighted by Gasteiger charge is -2.24. The summed E-state index contributed by atoms with van der Waals surface area (Å²) in [6, 6.07) is 1.61. The minimum Gasteiger partial charge on any atom is -0.491 e. The van der Waals surface area contributed by atoms with E-state index in [9.17, 15) is 9.59 Å². The first-order valence-corrected chi connectivity index (χ1v) is 9.09. The van der Waals surface area contributed by atoms with Crippen molar-refractivity contribution in [3.63, 3.8) is 0 Å². The number of ether oxygens (including phenoxy) is 1. The van der Waals surface area contributed by atoms with Crippen molar-refractivity contribution < 1.29 is 9.53 Å². The monoisotopic (exact) mass is 349 g/mol. The molecule has 1 aromatic heterocycles. The Kier molecular flexibility index (Phi) is 6.64. The van der Waals surface area contributed by atoms with Crippen LogP contribution in [0.5, 0.6) is 5.75 Å². The molecule has 0 unspecified atom stereocenters. The van der Waals surface area contributed by atoms with Gasteiger partial charge >= 0.3 is 0 Å². The van der Waals surface area contributed by atoms with E-state index in [0.29, 0.717) is 6.54 Å². The highest BCUT2D eigenvalue weighted by molar-refractivity contribution is 5.76. The molecule has 140 valence electrons. The Labute approximate surface area is 150 Å². The molecule has 1 saturated heterocycles. The summed E-state index contributed by atoms with van der Waals surface area (Å²) in [6.45, 7) is 8.79. The van der Waals surface area contributed by atoms with Crippen molar-refractivity contribution in [1.82, 2.24) is 14.8 Å². The zero-order valence-electron chi connectivity index (χ0n) is 15.9. The molecule has 0 atom stereocenters. The standard InChI is InChI=1S/C19H31N3O3/c1-19(2,3)20-18(24)14-22-13-17(25-4)16(23)11-15(22)12-21-9-7-5-6-8-10-21/h11,13H,5-10,12,14H2,1-4H3,(H,20,24). The number of methoxy groups -OCH3 is 1. The molecule has 6 nitrogen and oxygen atoms in total. The van der Waals surface area contributed by atoms with Crippen molar-refractivity contribution in [1.29, 1.82) is 0 Å². The normalized spacial score (nSPS) is 16.3. The van der Waals surface area contributed by atoms with Gasteiger partial charge in [0.1, 0.15) is 6.54 Å². The van der Waals surface area contributed by atoms with Crippen LogP contribution in [0.2, 0.25) is 0 Å². The van der Waals surface area contributed by atoms with Gasteiger partial charge in [0.15, 0.2) is 5.75 Å². The first-order valence-electron chi connectivity index (χ1n) is 9.09. The fourth-order valence-corrected chi connectivity index (χ4v) is 3.17. The Morgan fingerprint density at radius 3 is 2.40 bits per heavy atom. The average molecular weight is 349 g/mol. The molecular weight excluding hydrogens is 318 g/mol. The number of likely N-dealkylation sites (tertiary alicyclic amines) is 1. The maximum absolute atomic E-state index is 12.3. The quantitative estimate of drug-likeness (QED) is 0.885. The average Bonchev–Trinajstić information content (AvgIpc) is 2.76. The number of rotatable bonds is 5. The van der Waals surface area contributed by atoms with E-state index >= 15 is 0 Å². The van der Waals surface area contributed by atoms with Crippen LogP contribution in [0, 0.1) is 0 Å². The Bertz CT molecular complexity index is 638. The minimum atomic E-state index is -0.287. The highest BCUT2D eigenvalue weighted by Gasteiger charge is 2.17. The van der Waals surface area contributed by atoms with Crippen LogP contribution in [0.4, 0.5) is 0 Å².